The van der Waals surface area contributed by atoms with E-state index >= 15 is 0 Å². The number of ether oxygens (including phenoxy) is 1. The number of rotatable bonds is 5. The van der Waals surface area contributed by atoms with E-state index in [9.17, 15) is 4.39 Å². The molecule has 0 saturated carbocycles. The predicted molar refractivity (Wildman–Crippen MR) is 90.2 cm³/mol. The minimum absolute atomic E-state index is 0.0791. The van der Waals surface area contributed by atoms with Gasteiger partial charge < -0.3 is 15.8 Å². The van der Waals surface area contributed by atoms with Crippen molar-refractivity contribution in [3.8, 4) is 5.75 Å². The maximum atomic E-state index is 13.3. The molecule has 0 aliphatic carbocycles. The van der Waals surface area contributed by atoms with Gasteiger partial charge in [-0.05, 0) is 67.8 Å². The van der Waals surface area contributed by atoms with Gasteiger partial charge in [-0.25, -0.2) is 4.39 Å². The van der Waals surface area contributed by atoms with E-state index in [2.05, 4.69) is 37.2 Å². The van der Waals surface area contributed by atoms with Crippen LogP contribution < -0.4 is 15.8 Å². The molecule has 3 nitrogen and oxygen atoms in total. The lowest BCUT2D eigenvalue weighted by molar-refractivity contribution is 0.412. The number of methoxy groups -OCH3 is 1. The van der Waals surface area contributed by atoms with E-state index in [1.807, 2.05) is 18.2 Å². The summed E-state index contributed by atoms with van der Waals surface area (Å²) in [5.74, 6) is 0.469. The van der Waals surface area contributed by atoms with Gasteiger partial charge in [-0.15, -0.1) is 0 Å². The molecule has 0 amide bonds. The fourth-order valence-corrected chi connectivity index (χ4v) is 2.90. The summed E-state index contributed by atoms with van der Waals surface area (Å²) in [5, 5.41) is 3.29. The molecule has 2 aromatic carbocycles. The zero-order valence-corrected chi connectivity index (χ0v) is 14.5. The van der Waals surface area contributed by atoms with Crippen LogP contribution in [0.4, 0.5) is 10.1 Å². The topological polar surface area (TPSA) is 47.3 Å². The van der Waals surface area contributed by atoms with Crippen molar-refractivity contribution in [3.63, 3.8) is 0 Å². The van der Waals surface area contributed by atoms with Gasteiger partial charge in [-0.3, -0.25) is 0 Å². The van der Waals surface area contributed by atoms with Crippen molar-refractivity contribution in [2.24, 2.45) is 5.73 Å². The first-order chi connectivity index (χ1) is 10.0. The molecule has 2 rings (SSSR count). The Bertz CT molecular complexity index is 637. The molecule has 2 aromatic rings. The van der Waals surface area contributed by atoms with Gasteiger partial charge in [0.1, 0.15) is 11.6 Å². The molecular weight excluding hydrogens is 403 g/mol. The number of halogens is 3. The molecule has 0 heterocycles. The normalized spacial score (nSPS) is 12.0. The van der Waals surface area contributed by atoms with Crippen LogP contribution in [0.1, 0.15) is 11.6 Å². The zero-order chi connectivity index (χ0) is 15.4. The Labute approximate surface area is 139 Å². The van der Waals surface area contributed by atoms with Crippen LogP contribution in [-0.4, -0.2) is 13.7 Å². The fourth-order valence-electron chi connectivity index (χ4n) is 1.96. The molecule has 1 atom stereocenters. The Morgan fingerprint density at radius 2 is 1.95 bits per heavy atom. The largest absolute Gasteiger partial charge is 0.496 e. The Morgan fingerprint density at radius 3 is 2.52 bits per heavy atom. The molecule has 0 aliphatic heterocycles. The molecule has 0 bridgehead atoms. The number of anilines is 1. The summed E-state index contributed by atoms with van der Waals surface area (Å²) in [6.45, 7) is 0.410. The molecule has 21 heavy (non-hydrogen) atoms. The Balaban J connectivity index is 2.23. The van der Waals surface area contributed by atoms with E-state index in [0.717, 1.165) is 21.5 Å². The van der Waals surface area contributed by atoms with Crippen molar-refractivity contribution in [2.75, 3.05) is 19.0 Å². The smallest absolute Gasteiger partial charge is 0.137 e. The number of hydrogen-bond acceptors (Lipinski definition) is 3. The molecule has 1 unspecified atom stereocenters. The molecule has 112 valence electrons. The van der Waals surface area contributed by atoms with Crippen LogP contribution in [0.15, 0.2) is 45.3 Å². The van der Waals surface area contributed by atoms with Gasteiger partial charge in [0.25, 0.3) is 0 Å². The quantitative estimate of drug-likeness (QED) is 0.754. The summed E-state index contributed by atoms with van der Waals surface area (Å²) in [4.78, 5) is 0. The molecule has 0 radical (unpaired) electrons. The van der Waals surface area contributed by atoms with E-state index in [1.54, 1.807) is 19.2 Å². The van der Waals surface area contributed by atoms with Crippen LogP contribution >= 0.6 is 31.9 Å². The van der Waals surface area contributed by atoms with Crippen molar-refractivity contribution in [3.05, 3.63) is 56.7 Å². The van der Waals surface area contributed by atoms with Gasteiger partial charge in [0.2, 0.25) is 0 Å². The second kappa shape index (κ2) is 7.24. The third-order valence-electron chi connectivity index (χ3n) is 3.07. The van der Waals surface area contributed by atoms with Crippen LogP contribution in [0.3, 0.4) is 0 Å². The highest BCUT2D eigenvalue weighted by Gasteiger charge is 2.12. The average molecular weight is 418 g/mol. The van der Waals surface area contributed by atoms with Gasteiger partial charge >= 0.3 is 0 Å². The highest BCUT2D eigenvalue weighted by molar-refractivity contribution is 9.10. The second-order valence-corrected chi connectivity index (χ2v) is 6.16. The molecule has 0 spiro atoms. The SMILES string of the molecule is COc1ccc(C(CN)Nc2ccc(F)c(Br)c2)cc1Br. The number of hydrogen-bond donors (Lipinski definition) is 2. The minimum Gasteiger partial charge on any atom is -0.496 e. The molecule has 0 saturated heterocycles. The lowest BCUT2D eigenvalue weighted by atomic mass is 10.1. The fraction of sp³-hybridized carbons (Fsp3) is 0.200. The van der Waals surface area contributed by atoms with Crippen molar-refractivity contribution in [1.29, 1.82) is 0 Å². The molecular formula is C15H15Br2FN2O. The molecule has 3 N–H and O–H groups in total. The summed E-state index contributed by atoms with van der Waals surface area (Å²) in [7, 11) is 1.62. The predicted octanol–water partition coefficient (Wildman–Crippen LogP) is 4.47. The third-order valence-corrected chi connectivity index (χ3v) is 4.30. The van der Waals surface area contributed by atoms with Gasteiger partial charge in [0.05, 0.1) is 22.1 Å². The van der Waals surface area contributed by atoms with E-state index < -0.39 is 0 Å². The first-order valence-corrected chi connectivity index (χ1v) is 7.89. The van der Waals surface area contributed by atoms with Gasteiger partial charge in [0.15, 0.2) is 0 Å². The van der Waals surface area contributed by atoms with Crippen molar-refractivity contribution in [1.82, 2.24) is 0 Å². The van der Waals surface area contributed by atoms with Gasteiger partial charge in [-0.2, -0.15) is 0 Å². The summed E-state index contributed by atoms with van der Waals surface area (Å²) in [6.07, 6.45) is 0. The van der Waals surface area contributed by atoms with Crippen LogP contribution in [0.2, 0.25) is 0 Å². The summed E-state index contributed by atoms with van der Waals surface area (Å²) >= 11 is 6.64. The first-order valence-electron chi connectivity index (χ1n) is 6.30. The van der Waals surface area contributed by atoms with E-state index in [1.165, 1.54) is 6.07 Å². The number of nitrogens with two attached hydrogens (primary N) is 1. The Hall–Kier alpha value is -1.11. The second-order valence-electron chi connectivity index (χ2n) is 4.46. The van der Waals surface area contributed by atoms with Crippen LogP contribution in [0.5, 0.6) is 5.75 Å². The maximum absolute atomic E-state index is 13.3. The average Bonchev–Trinajstić information content (AvgIpc) is 2.48. The summed E-state index contributed by atoms with van der Waals surface area (Å²) in [5.41, 5.74) is 7.66. The first kappa shape index (κ1) is 16.3. The monoisotopic (exact) mass is 416 g/mol. The standard InChI is InChI=1S/C15H15Br2FN2O/c1-21-15-5-2-9(6-12(15)17)14(8-19)20-10-3-4-13(18)11(16)7-10/h2-7,14,20H,8,19H2,1H3. The lowest BCUT2D eigenvalue weighted by Crippen LogP contribution is -2.20. The third kappa shape index (κ3) is 3.96. The molecule has 6 heteroatoms. The van der Waals surface area contributed by atoms with Crippen molar-refractivity contribution < 1.29 is 9.13 Å². The van der Waals surface area contributed by atoms with Crippen molar-refractivity contribution in [2.45, 2.75) is 6.04 Å². The van der Waals surface area contributed by atoms with Crippen LogP contribution in [0.25, 0.3) is 0 Å². The Kier molecular flexibility index (Phi) is 5.61. The van der Waals surface area contributed by atoms with Gasteiger partial charge in [-0.1, -0.05) is 6.07 Å². The van der Waals surface area contributed by atoms with Crippen molar-refractivity contribution >= 4 is 37.5 Å². The summed E-state index contributed by atoms with van der Waals surface area (Å²) < 4.78 is 19.8. The highest BCUT2D eigenvalue weighted by atomic mass is 79.9. The van der Waals surface area contributed by atoms with E-state index in [0.29, 0.717) is 11.0 Å². The van der Waals surface area contributed by atoms with Crippen LogP contribution in [-0.2, 0) is 0 Å². The molecule has 0 aromatic heterocycles. The molecule has 0 aliphatic rings. The zero-order valence-electron chi connectivity index (χ0n) is 11.4. The lowest BCUT2D eigenvalue weighted by Gasteiger charge is -2.20. The van der Waals surface area contributed by atoms with Gasteiger partial charge in [0, 0.05) is 12.2 Å². The Morgan fingerprint density at radius 1 is 1.19 bits per heavy atom. The highest BCUT2D eigenvalue weighted by Crippen LogP contribution is 2.30. The maximum Gasteiger partial charge on any atom is 0.137 e. The van der Waals surface area contributed by atoms with E-state index in [-0.39, 0.29) is 11.9 Å². The number of benzene rings is 2. The van der Waals surface area contributed by atoms with E-state index in [4.69, 9.17) is 10.5 Å². The minimum atomic E-state index is -0.294. The van der Waals surface area contributed by atoms with Crippen LogP contribution in [0, 0.1) is 5.82 Å². The number of nitrogens with one attached hydrogen (secondary N) is 1. The molecule has 0 fully saturated rings. The summed E-state index contributed by atoms with van der Waals surface area (Å²) in [6, 6.07) is 10.5.